The van der Waals surface area contributed by atoms with Crippen LogP contribution in [0.15, 0.2) is 11.9 Å². The molecule has 2 fully saturated rings. The Morgan fingerprint density at radius 1 is 1.18 bits per heavy atom. The van der Waals surface area contributed by atoms with Crippen molar-refractivity contribution in [1.82, 2.24) is 4.90 Å². The number of likely N-dealkylation sites (tertiary alicyclic amines) is 1. The zero-order valence-corrected chi connectivity index (χ0v) is 14.6. The molecule has 2 rings (SSSR count). The number of hydrogen-bond acceptors (Lipinski definition) is 2. The van der Waals surface area contributed by atoms with E-state index in [-0.39, 0.29) is 18.9 Å². The van der Waals surface area contributed by atoms with E-state index in [1.807, 2.05) is 32.6 Å². The highest BCUT2D eigenvalue weighted by Crippen LogP contribution is 2.60. The fourth-order valence-electron chi connectivity index (χ4n) is 2.84. The Morgan fingerprint density at radius 3 is 1.95 bits per heavy atom. The molecule has 1 aliphatic heterocycles. The van der Waals surface area contributed by atoms with Gasteiger partial charge in [0.05, 0.1) is 18.4 Å². The van der Waals surface area contributed by atoms with E-state index in [0.29, 0.717) is 19.4 Å². The average Bonchev–Trinajstić information content (AvgIpc) is 3.12. The van der Waals surface area contributed by atoms with Crippen LogP contribution in [0.3, 0.4) is 0 Å². The van der Waals surface area contributed by atoms with E-state index in [1.165, 1.54) is 0 Å². The topological polar surface area (TPSA) is 23.5 Å². The maximum Gasteiger partial charge on any atom is 0.258 e. The number of nitrogens with zero attached hydrogens (tertiary/aromatic N) is 1. The maximum atomic E-state index is 13.2. The van der Waals surface area contributed by atoms with E-state index in [2.05, 4.69) is 0 Å². The van der Waals surface area contributed by atoms with E-state index in [9.17, 15) is 13.2 Å². The van der Waals surface area contributed by atoms with Crippen LogP contribution >= 0.6 is 0 Å². The van der Waals surface area contributed by atoms with Crippen LogP contribution in [-0.2, 0) is 0 Å². The van der Waals surface area contributed by atoms with Crippen molar-refractivity contribution in [2.24, 2.45) is 11.3 Å². The summed E-state index contributed by atoms with van der Waals surface area (Å²) in [5.74, 6) is -2.48. The predicted octanol–water partition coefficient (Wildman–Crippen LogP) is 4.64. The fraction of sp³-hybridized carbons (Fsp3) is 0.882. The minimum atomic E-state index is -2.71. The van der Waals surface area contributed by atoms with Crippen LogP contribution in [0.25, 0.3) is 0 Å². The summed E-state index contributed by atoms with van der Waals surface area (Å²) in [6.45, 7) is 11.0. The molecular formula is C17H32F3NO. The lowest BCUT2D eigenvalue weighted by Gasteiger charge is -2.34. The summed E-state index contributed by atoms with van der Waals surface area (Å²) < 4.78 is 38.8. The summed E-state index contributed by atoms with van der Waals surface area (Å²) in [7, 11) is 0. The molecule has 132 valence electrons. The summed E-state index contributed by atoms with van der Waals surface area (Å²) in [4.78, 5) is 1.97. The molecule has 2 aliphatic rings. The Morgan fingerprint density at radius 2 is 1.64 bits per heavy atom. The molecule has 1 saturated heterocycles. The van der Waals surface area contributed by atoms with Gasteiger partial charge in [0.25, 0.3) is 5.92 Å². The molecule has 0 bridgehead atoms. The van der Waals surface area contributed by atoms with Crippen molar-refractivity contribution in [2.75, 3.05) is 26.2 Å². The van der Waals surface area contributed by atoms with E-state index < -0.39 is 17.9 Å². The normalized spacial score (nSPS) is 28.1. The van der Waals surface area contributed by atoms with E-state index >= 15 is 0 Å². The minimum absolute atomic E-state index is 0.208. The molecule has 1 N–H and O–H groups in total. The lowest BCUT2D eigenvalue weighted by atomic mass is 9.90. The molecule has 1 heterocycles. The molecule has 5 heteroatoms. The first kappa shape index (κ1) is 21.4. The standard InChI is InChI=1S/C13H20F3NO.2C2H6/c1-10(6-14)11-2-4-17(5-3-11)8-12(9-18)7-13(12,15)16;2*1-2/h6,11,18H,2-5,7-9H2,1H3;2*1-2H3. The SMILES string of the molecule is CC.CC.CC(=CF)C1CCN(CC2(CO)CC2(F)F)CC1. The van der Waals surface area contributed by atoms with Gasteiger partial charge in [-0.15, -0.1) is 0 Å². The first-order valence-electron chi connectivity index (χ1n) is 8.42. The zero-order valence-electron chi connectivity index (χ0n) is 14.6. The Balaban J connectivity index is 0.00000102. The first-order valence-corrected chi connectivity index (χ1v) is 8.42. The summed E-state index contributed by atoms with van der Waals surface area (Å²) in [5.41, 5.74) is -0.478. The molecule has 0 aromatic carbocycles. The molecule has 0 aromatic rings. The molecule has 1 aliphatic carbocycles. The first-order chi connectivity index (χ1) is 10.4. The van der Waals surface area contributed by atoms with Crippen LogP contribution in [0.1, 0.15) is 53.9 Å². The molecule has 1 saturated carbocycles. The maximum absolute atomic E-state index is 13.2. The lowest BCUT2D eigenvalue weighted by molar-refractivity contribution is 0.0135. The van der Waals surface area contributed by atoms with Crippen LogP contribution in [0, 0.1) is 11.3 Å². The van der Waals surface area contributed by atoms with E-state index in [0.717, 1.165) is 18.4 Å². The van der Waals surface area contributed by atoms with Gasteiger partial charge in [-0.3, -0.25) is 0 Å². The van der Waals surface area contributed by atoms with Gasteiger partial charge in [0.2, 0.25) is 0 Å². The predicted molar refractivity (Wildman–Crippen MR) is 85.8 cm³/mol. The summed E-state index contributed by atoms with van der Waals surface area (Å²) in [5, 5.41) is 9.14. The van der Waals surface area contributed by atoms with Crippen LogP contribution in [0.2, 0.25) is 0 Å². The van der Waals surface area contributed by atoms with Crippen molar-refractivity contribution < 1.29 is 18.3 Å². The number of piperidine rings is 1. The molecule has 1 atom stereocenters. The Bertz CT molecular complexity index is 339. The third-order valence-corrected chi connectivity index (χ3v) is 4.44. The highest BCUT2D eigenvalue weighted by molar-refractivity contribution is 5.12. The van der Waals surface area contributed by atoms with Crippen molar-refractivity contribution >= 4 is 0 Å². The van der Waals surface area contributed by atoms with Crippen LogP contribution < -0.4 is 0 Å². The van der Waals surface area contributed by atoms with E-state index in [4.69, 9.17) is 5.11 Å². The molecule has 0 aromatic heterocycles. The second kappa shape index (κ2) is 9.56. The van der Waals surface area contributed by atoms with Gasteiger partial charge in [-0.2, -0.15) is 0 Å². The number of aliphatic hydroxyl groups excluding tert-OH is 1. The summed E-state index contributed by atoms with van der Waals surface area (Å²) >= 11 is 0. The molecule has 1 unspecified atom stereocenters. The van der Waals surface area contributed by atoms with Crippen molar-refractivity contribution in [3.63, 3.8) is 0 Å². The Kier molecular flexibility index (Phi) is 9.32. The van der Waals surface area contributed by atoms with Gasteiger partial charge in [-0.05, 0) is 44.3 Å². The summed E-state index contributed by atoms with van der Waals surface area (Å²) in [6.07, 6.45) is 2.04. The van der Waals surface area contributed by atoms with Gasteiger partial charge >= 0.3 is 0 Å². The number of rotatable bonds is 4. The van der Waals surface area contributed by atoms with Crippen molar-refractivity contribution in [3.8, 4) is 0 Å². The fourth-order valence-corrected chi connectivity index (χ4v) is 2.84. The number of allylic oxidation sites excluding steroid dienone is 1. The van der Waals surface area contributed by atoms with Crippen LogP contribution in [-0.4, -0.2) is 42.2 Å². The van der Waals surface area contributed by atoms with Gasteiger partial charge in [0, 0.05) is 13.0 Å². The number of alkyl halides is 2. The van der Waals surface area contributed by atoms with E-state index in [1.54, 1.807) is 6.92 Å². The highest BCUT2D eigenvalue weighted by atomic mass is 19.3. The molecule has 0 radical (unpaired) electrons. The number of halogens is 3. The summed E-state index contributed by atoms with van der Waals surface area (Å²) in [6, 6.07) is 0. The third-order valence-electron chi connectivity index (χ3n) is 4.44. The second-order valence-corrected chi connectivity index (χ2v) is 5.72. The minimum Gasteiger partial charge on any atom is -0.396 e. The highest BCUT2D eigenvalue weighted by Gasteiger charge is 2.70. The van der Waals surface area contributed by atoms with Gasteiger partial charge in [-0.1, -0.05) is 27.7 Å². The quantitative estimate of drug-likeness (QED) is 0.814. The molecule has 22 heavy (non-hydrogen) atoms. The smallest absolute Gasteiger partial charge is 0.258 e. The Labute approximate surface area is 133 Å². The van der Waals surface area contributed by atoms with Gasteiger partial charge in [0.15, 0.2) is 0 Å². The molecular weight excluding hydrogens is 291 g/mol. The average molecular weight is 323 g/mol. The molecule has 0 amide bonds. The zero-order chi connectivity index (χ0) is 17.4. The largest absolute Gasteiger partial charge is 0.396 e. The van der Waals surface area contributed by atoms with Crippen LogP contribution in [0.4, 0.5) is 13.2 Å². The van der Waals surface area contributed by atoms with Crippen LogP contribution in [0.5, 0.6) is 0 Å². The molecule has 2 nitrogen and oxygen atoms in total. The number of aliphatic hydroxyl groups is 1. The molecule has 0 spiro atoms. The van der Waals surface area contributed by atoms with Crippen molar-refractivity contribution in [3.05, 3.63) is 11.9 Å². The monoisotopic (exact) mass is 323 g/mol. The van der Waals surface area contributed by atoms with Crippen molar-refractivity contribution in [1.29, 1.82) is 0 Å². The van der Waals surface area contributed by atoms with Gasteiger partial charge in [0.1, 0.15) is 0 Å². The van der Waals surface area contributed by atoms with Gasteiger partial charge < -0.3 is 10.0 Å². The van der Waals surface area contributed by atoms with Gasteiger partial charge in [-0.25, -0.2) is 13.2 Å². The van der Waals surface area contributed by atoms with Crippen molar-refractivity contribution in [2.45, 2.75) is 59.8 Å². The lowest BCUT2D eigenvalue weighted by Crippen LogP contribution is -2.40. The second-order valence-electron chi connectivity index (χ2n) is 5.72. The third kappa shape index (κ3) is 4.98. The Hall–Kier alpha value is -0.550. The number of hydrogen-bond donors (Lipinski definition) is 1.